The highest BCUT2D eigenvalue weighted by atomic mass is 35.5. The first-order chi connectivity index (χ1) is 10.2. The highest BCUT2D eigenvalue weighted by Crippen LogP contribution is 2.27. The number of benzene rings is 2. The molecule has 0 amide bonds. The highest BCUT2D eigenvalue weighted by Gasteiger charge is 2.10. The number of aromatic amines is 1. The van der Waals surface area contributed by atoms with Crippen LogP contribution in [0.15, 0.2) is 36.4 Å². The van der Waals surface area contributed by atoms with Gasteiger partial charge in [-0.25, -0.2) is 9.37 Å². The molecule has 3 aromatic rings. The maximum absolute atomic E-state index is 13.5. The number of H-pyrrole nitrogens is 1. The highest BCUT2D eigenvalue weighted by molar-refractivity contribution is 6.32. The van der Waals surface area contributed by atoms with Crippen LogP contribution in [0.5, 0.6) is 5.75 Å². The molecule has 0 spiro atoms. The fourth-order valence-corrected chi connectivity index (χ4v) is 2.19. The van der Waals surface area contributed by atoms with Gasteiger partial charge in [-0.15, -0.1) is 0 Å². The van der Waals surface area contributed by atoms with Gasteiger partial charge in [0.15, 0.2) is 6.29 Å². The van der Waals surface area contributed by atoms with Crippen LogP contribution in [-0.2, 0) is 6.61 Å². The second kappa shape index (κ2) is 5.54. The molecule has 106 valence electrons. The number of fused-ring (bicyclic) bond motifs is 1. The third-order valence-corrected chi connectivity index (χ3v) is 3.28. The van der Waals surface area contributed by atoms with Crippen LogP contribution in [0.4, 0.5) is 4.39 Å². The summed E-state index contributed by atoms with van der Waals surface area (Å²) in [4.78, 5) is 18.0. The Morgan fingerprint density at radius 2 is 2.14 bits per heavy atom. The minimum atomic E-state index is -0.672. The van der Waals surface area contributed by atoms with E-state index in [1.54, 1.807) is 0 Å². The predicted octanol–water partition coefficient (Wildman–Crippen LogP) is 3.75. The van der Waals surface area contributed by atoms with E-state index < -0.39 is 5.82 Å². The monoisotopic (exact) mass is 304 g/mol. The molecule has 0 atom stereocenters. The number of hydrogen-bond donors (Lipinski definition) is 1. The van der Waals surface area contributed by atoms with Crippen LogP contribution in [0.25, 0.3) is 11.0 Å². The lowest BCUT2D eigenvalue weighted by atomic mass is 10.2. The normalized spacial score (nSPS) is 10.8. The van der Waals surface area contributed by atoms with Crippen LogP contribution in [0.1, 0.15) is 16.2 Å². The van der Waals surface area contributed by atoms with Gasteiger partial charge in [-0.05, 0) is 18.2 Å². The Bertz CT molecular complexity index is 784. The molecular weight excluding hydrogens is 295 g/mol. The van der Waals surface area contributed by atoms with E-state index in [2.05, 4.69) is 9.97 Å². The van der Waals surface area contributed by atoms with E-state index in [1.165, 1.54) is 6.07 Å². The van der Waals surface area contributed by atoms with Crippen LogP contribution in [0.3, 0.4) is 0 Å². The van der Waals surface area contributed by atoms with Gasteiger partial charge in [0.25, 0.3) is 0 Å². The second-order valence-electron chi connectivity index (χ2n) is 4.41. The molecule has 0 unspecified atom stereocenters. The summed E-state index contributed by atoms with van der Waals surface area (Å²) < 4.78 is 19.0. The molecule has 1 N–H and O–H groups in total. The Labute approximate surface area is 124 Å². The van der Waals surface area contributed by atoms with Crippen molar-refractivity contribution in [3.8, 4) is 5.75 Å². The number of carbonyl (C=O) groups excluding carboxylic acids is 1. The lowest BCUT2D eigenvalue weighted by molar-refractivity contribution is 0.111. The second-order valence-corrected chi connectivity index (χ2v) is 4.82. The predicted molar refractivity (Wildman–Crippen MR) is 77.2 cm³/mol. The zero-order valence-corrected chi connectivity index (χ0v) is 11.5. The van der Waals surface area contributed by atoms with E-state index in [4.69, 9.17) is 16.3 Å². The first-order valence-electron chi connectivity index (χ1n) is 6.18. The molecular formula is C15H10ClFN2O2. The number of aromatic nitrogens is 2. The van der Waals surface area contributed by atoms with Crippen molar-refractivity contribution in [1.29, 1.82) is 0 Å². The van der Waals surface area contributed by atoms with Crippen molar-refractivity contribution < 1.29 is 13.9 Å². The number of rotatable bonds is 4. The molecule has 0 aliphatic rings. The first-order valence-corrected chi connectivity index (χ1v) is 6.56. The van der Waals surface area contributed by atoms with Gasteiger partial charge in [-0.1, -0.05) is 23.7 Å². The molecule has 0 radical (unpaired) electrons. The lowest BCUT2D eigenvalue weighted by Crippen LogP contribution is -1.99. The third-order valence-electron chi connectivity index (χ3n) is 2.98. The Hall–Kier alpha value is -2.40. The fourth-order valence-electron chi connectivity index (χ4n) is 1.97. The lowest BCUT2D eigenvalue weighted by Gasteiger charge is -2.07. The van der Waals surface area contributed by atoms with E-state index in [0.717, 1.165) is 17.1 Å². The summed E-state index contributed by atoms with van der Waals surface area (Å²) >= 11 is 5.94. The number of nitrogens with zero attached hydrogens (tertiary/aromatic N) is 1. The summed E-state index contributed by atoms with van der Waals surface area (Å²) in [5.74, 6) is 0.0985. The Morgan fingerprint density at radius 1 is 1.33 bits per heavy atom. The van der Waals surface area contributed by atoms with Crippen molar-refractivity contribution in [1.82, 2.24) is 9.97 Å². The van der Waals surface area contributed by atoms with Crippen LogP contribution < -0.4 is 4.74 Å². The molecule has 1 aromatic heterocycles. The molecule has 0 fully saturated rings. The number of imidazole rings is 1. The Morgan fingerprint density at radius 3 is 2.90 bits per heavy atom. The van der Waals surface area contributed by atoms with Gasteiger partial charge >= 0.3 is 0 Å². The molecule has 4 nitrogen and oxygen atoms in total. The number of ether oxygens (including phenoxy) is 1. The molecule has 21 heavy (non-hydrogen) atoms. The smallest absolute Gasteiger partial charge is 0.153 e. The number of halogens is 2. The summed E-state index contributed by atoms with van der Waals surface area (Å²) in [5, 5.41) is 0.176. The van der Waals surface area contributed by atoms with Gasteiger partial charge in [0.1, 0.15) is 24.0 Å². The standard InChI is InChI=1S/C15H10ClFN2O2/c16-10-5-9(7-20)11(17)6-14(10)21-8-15-18-12-3-1-2-4-13(12)19-15/h1-7H,8H2,(H,18,19). The van der Waals surface area contributed by atoms with E-state index in [9.17, 15) is 9.18 Å². The fraction of sp³-hybridized carbons (Fsp3) is 0.0667. The molecule has 0 saturated carbocycles. The van der Waals surface area contributed by atoms with Crippen molar-refractivity contribution in [3.05, 3.63) is 58.6 Å². The SMILES string of the molecule is O=Cc1cc(Cl)c(OCc2nc3ccccc3[nH]2)cc1F. The number of para-hydroxylation sites is 2. The van der Waals surface area contributed by atoms with Crippen LogP contribution in [0, 0.1) is 5.82 Å². The van der Waals surface area contributed by atoms with Crippen molar-refractivity contribution >= 4 is 28.9 Å². The van der Waals surface area contributed by atoms with Gasteiger partial charge < -0.3 is 9.72 Å². The van der Waals surface area contributed by atoms with Gasteiger partial charge in [-0.3, -0.25) is 4.79 Å². The van der Waals surface area contributed by atoms with Crippen molar-refractivity contribution in [2.45, 2.75) is 6.61 Å². The van der Waals surface area contributed by atoms with Gasteiger partial charge in [-0.2, -0.15) is 0 Å². The molecule has 0 aliphatic heterocycles. The quantitative estimate of drug-likeness (QED) is 0.747. The van der Waals surface area contributed by atoms with Gasteiger partial charge in [0, 0.05) is 6.07 Å². The molecule has 1 heterocycles. The zero-order valence-electron chi connectivity index (χ0n) is 10.8. The van der Waals surface area contributed by atoms with E-state index in [0.29, 0.717) is 12.1 Å². The van der Waals surface area contributed by atoms with Crippen molar-refractivity contribution in [2.75, 3.05) is 0 Å². The molecule has 2 aromatic carbocycles. The van der Waals surface area contributed by atoms with E-state index in [1.807, 2.05) is 24.3 Å². The average molecular weight is 305 g/mol. The largest absolute Gasteiger partial charge is 0.484 e. The van der Waals surface area contributed by atoms with Crippen molar-refractivity contribution in [3.63, 3.8) is 0 Å². The number of nitrogens with one attached hydrogen (secondary N) is 1. The summed E-state index contributed by atoms with van der Waals surface area (Å²) in [5.41, 5.74) is 1.62. The number of hydrogen-bond acceptors (Lipinski definition) is 3. The molecule has 0 saturated heterocycles. The maximum atomic E-state index is 13.5. The van der Waals surface area contributed by atoms with Crippen LogP contribution in [0.2, 0.25) is 5.02 Å². The van der Waals surface area contributed by atoms with E-state index in [-0.39, 0.29) is 22.9 Å². The minimum Gasteiger partial charge on any atom is -0.484 e. The average Bonchev–Trinajstić information content (AvgIpc) is 2.90. The summed E-state index contributed by atoms with van der Waals surface area (Å²) in [7, 11) is 0. The maximum Gasteiger partial charge on any atom is 0.153 e. The van der Waals surface area contributed by atoms with Gasteiger partial charge in [0.2, 0.25) is 0 Å². The number of carbonyl (C=O) groups is 1. The van der Waals surface area contributed by atoms with E-state index >= 15 is 0 Å². The molecule has 0 aliphatic carbocycles. The van der Waals surface area contributed by atoms with Crippen molar-refractivity contribution in [2.24, 2.45) is 0 Å². The summed E-state index contributed by atoms with van der Waals surface area (Å²) in [6, 6.07) is 9.89. The Kier molecular flexibility index (Phi) is 3.58. The molecule has 6 heteroatoms. The summed E-state index contributed by atoms with van der Waals surface area (Å²) in [6.07, 6.45) is 0.407. The zero-order chi connectivity index (χ0) is 14.8. The van der Waals surface area contributed by atoms with Crippen LogP contribution >= 0.6 is 11.6 Å². The Balaban J connectivity index is 1.81. The van der Waals surface area contributed by atoms with Crippen LogP contribution in [-0.4, -0.2) is 16.3 Å². The third kappa shape index (κ3) is 2.73. The molecule has 3 rings (SSSR count). The first kappa shape index (κ1) is 13.6. The topological polar surface area (TPSA) is 55.0 Å². The minimum absolute atomic E-state index is 0.101. The number of aldehydes is 1. The molecule has 0 bridgehead atoms. The summed E-state index contributed by atoms with van der Waals surface area (Å²) in [6.45, 7) is 0.119. The van der Waals surface area contributed by atoms with Gasteiger partial charge in [0.05, 0.1) is 21.6 Å².